The number of carbonyl (C=O) groups excluding carboxylic acids is 1. The summed E-state index contributed by atoms with van der Waals surface area (Å²) in [6.45, 7) is 6.38. The fraction of sp³-hybridized carbons (Fsp3) is 0.567. The third-order valence-corrected chi connectivity index (χ3v) is 6.58. The van der Waals surface area contributed by atoms with Gasteiger partial charge in [0.15, 0.2) is 0 Å². The summed E-state index contributed by atoms with van der Waals surface area (Å²) < 4.78 is 11.9. The van der Waals surface area contributed by atoms with Gasteiger partial charge in [-0.2, -0.15) is 0 Å². The van der Waals surface area contributed by atoms with Gasteiger partial charge in [-0.05, 0) is 42.8 Å². The molecule has 198 valence electrons. The molecule has 1 unspecified atom stereocenters. The highest BCUT2D eigenvalue weighted by atomic mass is 16.5. The SMILES string of the molecule is CCCCCCCCCCCCOc1ccccc1C(=O)Nc1ccc(OCC2CNCCN2)cc1. The van der Waals surface area contributed by atoms with E-state index in [9.17, 15) is 4.79 Å². The molecular weight excluding hydrogens is 450 g/mol. The summed E-state index contributed by atoms with van der Waals surface area (Å²) >= 11 is 0. The molecule has 0 aliphatic carbocycles. The second-order valence-electron chi connectivity index (χ2n) is 9.67. The Labute approximate surface area is 217 Å². The molecule has 3 rings (SSSR count). The van der Waals surface area contributed by atoms with E-state index >= 15 is 0 Å². The standard InChI is InChI=1S/C30H45N3O3/c1-2-3-4-5-6-7-8-9-10-13-22-35-29-15-12-11-14-28(29)30(34)33-25-16-18-27(19-17-25)36-24-26-23-31-20-21-32-26/h11-12,14-19,26,31-32H,2-10,13,20-24H2,1H3,(H,33,34). The minimum atomic E-state index is -0.167. The van der Waals surface area contributed by atoms with Crippen LogP contribution < -0.4 is 25.4 Å². The van der Waals surface area contributed by atoms with E-state index in [0.29, 0.717) is 30.6 Å². The normalized spacial score (nSPS) is 15.4. The molecular formula is C30H45N3O3. The lowest BCUT2D eigenvalue weighted by Gasteiger charge is -2.24. The van der Waals surface area contributed by atoms with E-state index in [-0.39, 0.29) is 5.91 Å². The number of hydrogen-bond donors (Lipinski definition) is 3. The van der Waals surface area contributed by atoms with Crippen molar-refractivity contribution in [2.45, 2.75) is 77.2 Å². The maximum atomic E-state index is 12.9. The number of para-hydroxylation sites is 1. The molecule has 3 N–H and O–H groups in total. The van der Waals surface area contributed by atoms with Crippen molar-refractivity contribution in [2.24, 2.45) is 0 Å². The van der Waals surface area contributed by atoms with Crippen LogP contribution in [0.4, 0.5) is 5.69 Å². The number of piperazine rings is 1. The number of rotatable bonds is 17. The van der Waals surface area contributed by atoms with E-state index in [0.717, 1.165) is 37.5 Å². The van der Waals surface area contributed by atoms with Crippen molar-refractivity contribution < 1.29 is 14.3 Å². The highest BCUT2D eigenvalue weighted by Gasteiger charge is 2.14. The molecule has 0 aromatic heterocycles. The van der Waals surface area contributed by atoms with E-state index in [2.05, 4.69) is 22.9 Å². The van der Waals surface area contributed by atoms with Crippen LogP contribution in [0.25, 0.3) is 0 Å². The predicted molar refractivity (Wildman–Crippen MR) is 148 cm³/mol. The van der Waals surface area contributed by atoms with E-state index < -0.39 is 0 Å². The Bertz CT molecular complexity index is 866. The molecule has 1 aliphatic rings. The van der Waals surface area contributed by atoms with E-state index in [4.69, 9.17) is 9.47 Å². The molecule has 0 radical (unpaired) electrons. The van der Waals surface area contributed by atoms with Crippen LogP contribution in [0.2, 0.25) is 0 Å². The molecule has 0 bridgehead atoms. The van der Waals surface area contributed by atoms with Gasteiger partial charge in [0.05, 0.1) is 18.2 Å². The monoisotopic (exact) mass is 495 g/mol. The predicted octanol–water partition coefficient (Wildman–Crippen LogP) is 6.18. The number of anilines is 1. The van der Waals surface area contributed by atoms with Crippen LogP contribution in [-0.2, 0) is 0 Å². The summed E-state index contributed by atoms with van der Waals surface area (Å²) in [4.78, 5) is 12.9. The lowest BCUT2D eigenvalue weighted by molar-refractivity contribution is 0.102. The quantitative estimate of drug-likeness (QED) is 0.229. The molecule has 6 nitrogen and oxygen atoms in total. The van der Waals surface area contributed by atoms with Crippen LogP contribution in [0.5, 0.6) is 11.5 Å². The van der Waals surface area contributed by atoms with Crippen molar-refractivity contribution in [3.63, 3.8) is 0 Å². The van der Waals surface area contributed by atoms with Gasteiger partial charge >= 0.3 is 0 Å². The first-order valence-electron chi connectivity index (χ1n) is 14.0. The first kappa shape index (κ1) is 28.0. The number of carbonyl (C=O) groups is 1. The molecule has 1 amide bonds. The topological polar surface area (TPSA) is 71.6 Å². The number of ether oxygens (including phenoxy) is 2. The Morgan fingerprint density at radius 1 is 0.861 bits per heavy atom. The Morgan fingerprint density at radius 2 is 1.56 bits per heavy atom. The van der Waals surface area contributed by atoms with Gasteiger partial charge in [-0.3, -0.25) is 4.79 Å². The third kappa shape index (κ3) is 10.6. The number of unbranched alkanes of at least 4 members (excludes halogenated alkanes) is 9. The molecule has 1 aliphatic heterocycles. The highest BCUT2D eigenvalue weighted by Crippen LogP contribution is 2.22. The molecule has 6 heteroatoms. The lowest BCUT2D eigenvalue weighted by atomic mass is 10.1. The van der Waals surface area contributed by atoms with Crippen LogP contribution in [-0.4, -0.2) is 44.8 Å². The number of benzene rings is 2. The maximum absolute atomic E-state index is 12.9. The molecule has 0 spiro atoms. The number of nitrogens with one attached hydrogen (secondary N) is 3. The largest absolute Gasteiger partial charge is 0.493 e. The van der Waals surface area contributed by atoms with E-state index in [1.165, 1.54) is 57.8 Å². The van der Waals surface area contributed by atoms with Crippen LogP contribution in [0.1, 0.15) is 81.5 Å². The molecule has 2 aromatic rings. The Balaban J connectivity index is 1.35. The summed E-state index contributed by atoms with van der Waals surface area (Å²) in [5, 5.41) is 9.76. The molecule has 2 aromatic carbocycles. The van der Waals surface area contributed by atoms with Gasteiger partial charge in [0.1, 0.15) is 18.1 Å². The van der Waals surface area contributed by atoms with Crippen molar-refractivity contribution in [1.29, 1.82) is 0 Å². The van der Waals surface area contributed by atoms with Crippen LogP contribution >= 0.6 is 0 Å². The van der Waals surface area contributed by atoms with E-state index in [1.54, 1.807) is 0 Å². The van der Waals surface area contributed by atoms with Crippen molar-refractivity contribution in [1.82, 2.24) is 10.6 Å². The smallest absolute Gasteiger partial charge is 0.259 e. The zero-order valence-electron chi connectivity index (χ0n) is 22.0. The van der Waals surface area contributed by atoms with Crippen LogP contribution in [0.15, 0.2) is 48.5 Å². The minimum absolute atomic E-state index is 0.167. The van der Waals surface area contributed by atoms with Crippen LogP contribution in [0, 0.1) is 0 Å². The van der Waals surface area contributed by atoms with Gasteiger partial charge in [-0.1, -0.05) is 76.8 Å². The van der Waals surface area contributed by atoms with Gasteiger partial charge in [0.25, 0.3) is 5.91 Å². The molecule has 1 heterocycles. The summed E-state index contributed by atoms with van der Waals surface area (Å²) in [5.74, 6) is 1.26. The average molecular weight is 496 g/mol. The molecule has 1 saturated heterocycles. The first-order chi connectivity index (χ1) is 17.8. The second-order valence-corrected chi connectivity index (χ2v) is 9.67. The van der Waals surface area contributed by atoms with Gasteiger partial charge in [0, 0.05) is 25.3 Å². The average Bonchev–Trinajstić information content (AvgIpc) is 2.92. The van der Waals surface area contributed by atoms with Crippen molar-refractivity contribution >= 4 is 11.6 Å². The summed E-state index contributed by atoms with van der Waals surface area (Å²) in [7, 11) is 0. The van der Waals surface area contributed by atoms with Gasteiger partial charge in [-0.15, -0.1) is 0 Å². The van der Waals surface area contributed by atoms with Gasteiger partial charge in [0.2, 0.25) is 0 Å². The van der Waals surface area contributed by atoms with Crippen LogP contribution in [0.3, 0.4) is 0 Å². The zero-order chi connectivity index (χ0) is 25.3. The third-order valence-electron chi connectivity index (χ3n) is 6.58. The summed E-state index contributed by atoms with van der Waals surface area (Å²) in [5.41, 5.74) is 1.29. The molecule has 0 saturated carbocycles. The fourth-order valence-corrected chi connectivity index (χ4v) is 4.41. The highest BCUT2D eigenvalue weighted by molar-refractivity contribution is 6.06. The molecule has 1 fully saturated rings. The Morgan fingerprint density at radius 3 is 2.25 bits per heavy atom. The molecule has 36 heavy (non-hydrogen) atoms. The van der Waals surface area contributed by atoms with Crippen molar-refractivity contribution in [3.8, 4) is 11.5 Å². The fourth-order valence-electron chi connectivity index (χ4n) is 4.41. The Kier molecular flexibility index (Phi) is 13.2. The zero-order valence-corrected chi connectivity index (χ0v) is 22.0. The number of hydrogen-bond acceptors (Lipinski definition) is 5. The maximum Gasteiger partial charge on any atom is 0.259 e. The lowest BCUT2D eigenvalue weighted by Crippen LogP contribution is -2.50. The molecule has 1 atom stereocenters. The van der Waals surface area contributed by atoms with E-state index in [1.807, 2.05) is 48.5 Å². The van der Waals surface area contributed by atoms with Gasteiger partial charge < -0.3 is 25.4 Å². The number of amides is 1. The van der Waals surface area contributed by atoms with Crippen molar-refractivity contribution in [3.05, 3.63) is 54.1 Å². The van der Waals surface area contributed by atoms with Gasteiger partial charge in [-0.25, -0.2) is 0 Å². The second kappa shape index (κ2) is 17.0. The summed E-state index contributed by atoms with van der Waals surface area (Å²) in [6.07, 6.45) is 12.9. The Hall–Kier alpha value is -2.57. The minimum Gasteiger partial charge on any atom is -0.493 e. The summed E-state index contributed by atoms with van der Waals surface area (Å²) in [6, 6.07) is 15.3. The van der Waals surface area contributed by atoms with Crippen molar-refractivity contribution in [2.75, 3.05) is 38.2 Å². The first-order valence-corrected chi connectivity index (χ1v) is 14.0.